The maximum Gasteiger partial charge on any atom is 0.330 e. The summed E-state index contributed by atoms with van der Waals surface area (Å²) in [5.74, 6) is 6.97. The first kappa shape index (κ1) is 38.7. The molecule has 2 atom stereocenters. The number of nitrogens with one attached hydrogen (secondary N) is 3. The molecule has 0 radical (unpaired) electrons. The Morgan fingerprint density at radius 1 is 0.982 bits per heavy atom. The van der Waals surface area contributed by atoms with Gasteiger partial charge in [0.2, 0.25) is 0 Å². The maximum absolute atomic E-state index is 12.0. The van der Waals surface area contributed by atoms with E-state index in [-0.39, 0.29) is 18.6 Å². The van der Waals surface area contributed by atoms with Gasteiger partial charge in [-0.1, -0.05) is 48.7 Å². The van der Waals surface area contributed by atoms with Crippen LogP contribution in [-0.4, -0.2) is 37.0 Å². The van der Waals surface area contributed by atoms with E-state index in [1.54, 1.807) is 17.5 Å². The van der Waals surface area contributed by atoms with Crippen LogP contribution in [0.5, 0.6) is 5.75 Å². The van der Waals surface area contributed by atoms with Crippen LogP contribution in [0.15, 0.2) is 127 Å². The fourth-order valence-electron chi connectivity index (χ4n) is 6.10. The summed E-state index contributed by atoms with van der Waals surface area (Å²) in [5.41, 5.74) is 10.9. The molecule has 55 heavy (non-hydrogen) atoms. The molecule has 3 aromatic carbocycles. The fraction of sp³-hybridized carbons (Fsp3) is 0.205. The van der Waals surface area contributed by atoms with Crippen LogP contribution >= 0.6 is 22.9 Å². The molecule has 1 aliphatic carbocycles. The molecule has 0 spiro atoms. The van der Waals surface area contributed by atoms with Crippen molar-refractivity contribution in [3.05, 3.63) is 149 Å². The van der Waals surface area contributed by atoms with Crippen molar-refractivity contribution < 1.29 is 23.8 Å². The zero-order chi connectivity index (χ0) is 38.6. The quantitative estimate of drug-likeness (QED) is 0.0406. The van der Waals surface area contributed by atoms with Crippen LogP contribution in [0.3, 0.4) is 0 Å². The number of halogens is 1. The summed E-state index contributed by atoms with van der Waals surface area (Å²) >= 11 is 8.51. The van der Waals surface area contributed by atoms with E-state index in [0.717, 1.165) is 46.5 Å². The predicted octanol–water partition coefficient (Wildman–Crippen LogP) is 9.48. The number of carbonyl (C=O) groups is 2. The zero-order valence-corrected chi connectivity index (χ0v) is 32.0. The summed E-state index contributed by atoms with van der Waals surface area (Å²) < 4.78 is 16.3. The number of esters is 2. The molecule has 2 heterocycles. The first-order valence-electron chi connectivity index (χ1n) is 17.9. The normalized spacial score (nSPS) is 17.3. The molecule has 1 aromatic heterocycles. The van der Waals surface area contributed by atoms with E-state index in [4.69, 9.17) is 30.9 Å². The molecule has 2 aliphatic rings. The van der Waals surface area contributed by atoms with Gasteiger partial charge in [-0.25, -0.2) is 9.59 Å². The molecule has 9 nitrogen and oxygen atoms in total. The molecule has 2 unspecified atom stereocenters. The van der Waals surface area contributed by atoms with E-state index < -0.39 is 11.9 Å². The van der Waals surface area contributed by atoms with Crippen LogP contribution in [0.4, 0.5) is 11.4 Å². The van der Waals surface area contributed by atoms with Crippen molar-refractivity contribution in [2.75, 3.05) is 23.8 Å². The van der Waals surface area contributed by atoms with Crippen LogP contribution in [0.1, 0.15) is 53.9 Å². The topological polar surface area (TPSA) is 110 Å². The van der Waals surface area contributed by atoms with E-state index in [0.29, 0.717) is 42.2 Å². The van der Waals surface area contributed by atoms with E-state index >= 15 is 0 Å². The number of hydrazone groups is 1. The van der Waals surface area contributed by atoms with Crippen molar-refractivity contribution >= 4 is 52.0 Å². The van der Waals surface area contributed by atoms with E-state index in [1.165, 1.54) is 22.1 Å². The summed E-state index contributed by atoms with van der Waals surface area (Å²) in [6, 6.07) is 21.9. The summed E-state index contributed by atoms with van der Waals surface area (Å²) in [6.45, 7) is 9.70. The number of ether oxygens (including phenoxy) is 3. The molecular weight excluding hydrogens is 732 g/mol. The second-order valence-electron chi connectivity index (χ2n) is 12.9. The Hall–Kier alpha value is -6.02. The third-order valence-electron chi connectivity index (χ3n) is 8.84. The second-order valence-corrected chi connectivity index (χ2v) is 14.2. The van der Waals surface area contributed by atoms with Gasteiger partial charge in [-0.15, -0.1) is 11.3 Å². The number of rotatable bonds is 13. The van der Waals surface area contributed by atoms with E-state index in [1.807, 2.05) is 54.6 Å². The van der Waals surface area contributed by atoms with Crippen LogP contribution in [0.2, 0.25) is 5.02 Å². The van der Waals surface area contributed by atoms with Crippen molar-refractivity contribution in [1.29, 1.82) is 0 Å². The number of thiophene rings is 1. The van der Waals surface area contributed by atoms with E-state index in [2.05, 4.69) is 77.6 Å². The summed E-state index contributed by atoms with van der Waals surface area (Å²) in [5, 5.41) is 14.3. The third kappa shape index (κ3) is 10.8. The number of carbonyl (C=O) groups excluding carboxylic acids is 2. The SMILES string of the molecule is C=CC(=O)OCCCOc1ccc(C#Cc2ccc(C3CCC(OC(=O)C=C)C/C3=N\N/C=C/C=C3\Nc4ccc(-c5cc(C)cs5)cc4N3)cc2Cl)cc1. The lowest BCUT2D eigenvalue weighted by Crippen LogP contribution is -2.31. The number of nitrogens with zero attached hydrogens (tertiary/aromatic N) is 1. The minimum absolute atomic E-state index is 0.0342. The molecule has 1 saturated carbocycles. The van der Waals surface area contributed by atoms with Crippen molar-refractivity contribution in [2.24, 2.45) is 5.10 Å². The van der Waals surface area contributed by atoms with Crippen LogP contribution in [0, 0.1) is 18.8 Å². The minimum Gasteiger partial charge on any atom is -0.493 e. The number of aryl methyl sites for hydroxylation is 1. The van der Waals surface area contributed by atoms with Gasteiger partial charge in [-0.2, -0.15) is 5.10 Å². The Kier molecular flexibility index (Phi) is 13.3. The minimum atomic E-state index is -0.450. The van der Waals surface area contributed by atoms with Gasteiger partial charge in [0.1, 0.15) is 17.7 Å². The first-order chi connectivity index (χ1) is 26.8. The molecule has 0 saturated heterocycles. The number of anilines is 2. The Bertz CT molecular complexity index is 2210. The number of hydrogen-bond donors (Lipinski definition) is 3. The van der Waals surface area contributed by atoms with Gasteiger partial charge in [0.25, 0.3) is 0 Å². The average Bonchev–Trinajstić information content (AvgIpc) is 3.82. The molecule has 280 valence electrons. The fourth-order valence-corrected chi connectivity index (χ4v) is 7.24. The third-order valence-corrected chi connectivity index (χ3v) is 10.3. The Labute approximate surface area is 330 Å². The number of allylic oxidation sites excluding steroid dienone is 2. The highest BCUT2D eigenvalue weighted by atomic mass is 35.5. The molecule has 0 bridgehead atoms. The van der Waals surface area contributed by atoms with Gasteiger partial charge in [-0.05, 0) is 109 Å². The molecule has 0 amide bonds. The Morgan fingerprint density at radius 2 is 1.80 bits per heavy atom. The molecule has 11 heteroatoms. The lowest BCUT2D eigenvalue weighted by Gasteiger charge is -2.30. The van der Waals surface area contributed by atoms with Crippen LogP contribution in [-0.2, 0) is 19.1 Å². The summed E-state index contributed by atoms with van der Waals surface area (Å²) in [7, 11) is 0. The van der Waals surface area contributed by atoms with Crippen molar-refractivity contribution in [2.45, 2.75) is 44.6 Å². The van der Waals surface area contributed by atoms with E-state index in [9.17, 15) is 9.59 Å². The molecule has 4 aromatic rings. The molecule has 3 N–H and O–H groups in total. The number of fused-ring (bicyclic) bond motifs is 1. The number of benzene rings is 3. The Morgan fingerprint density at radius 3 is 2.56 bits per heavy atom. The lowest BCUT2D eigenvalue weighted by atomic mass is 9.80. The standard InChI is InChI=1S/C44H41ClN4O5S/c1-4-43(50)53-23-7-22-52-34-16-10-30(11-17-34)9-12-31-13-14-32(25-37(31)45)36-19-18-35(54-44(51)5-2)27-39(36)49-46-21-6-8-42-47-38-20-15-33(26-40(38)48-42)41-24-29(3)28-55-41/h4-6,8,10-11,13-17,20-21,24-26,28,35-36,46-48H,1-2,7,18-19,22-23,27H2,3H3/b21-6+,42-8+,49-39+. The highest BCUT2D eigenvalue weighted by Gasteiger charge is 2.30. The second kappa shape index (κ2) is 18.8. The zero-order valence-electron chi connectivity index (χ0n) is 30.4. The highest BCUT2D eigenvalue weighted by Crippen LogP contribution is 2.37. The molecule has 1 fully saturated rings. The molecule has 6 rings (SSSR count). The maximum atomic E-state index is 12.0. The average molecular weight is 773 g/mol. The van der Waals surface area contributed by atoms with Crippen LogP contribution in [0.25, 0.3) is 10.4 Å². The smallest absolute Gasteiger partial charge is 0.330 e. The van der Waals surface area contributed by atoms with Crippen LogP contribution < -0.4 is 20.8 Å². The van der Waals surface area contributed by atoms with Gasteiger partial charge >= 0.3 is 11.9 Å². The summed E-state index contributed by atoms with van der Waals surface area (Å²) in [6.07, 6.45) is 10.0. The first-order valence-corrected chi connectivity index (χ1v) is 19.1. The van der Waals surface area contributed by atoms with Crippen molar-refractivity contribution in [3.63, 3.8) is 0 Å². The summed E-state index contributed by atoms with van der Waals surface area (Å²) in [4.78, 5) is 24.4. The van der Waals surface area contributed by atoms with Gasteiger partial charge in [0.15, 0.2) is 0 Å². The van der Waals surface area contributed by atoms with Gasteiger partial charge in [-0.3, -0.25) is 5.43 Å². The highest BCUT2D eigenvalue weighted by molar-refractivity contribution is 7.13. The largest absolute Gasteiger partial charge is 0.493 e. The molecule has 1 aliphatic heterocycles. The van der Waals surface area contributed by atoms with Gasteiger partial charge in [0, 0.05) is 58.8 Å². The van der Waals surface area contributed by atoms with Gasteiger partial charge < -0.3 is 24.8 Å². The van der Waals surface area contributed by atoms with Gasteiger partial charge in [0.05, 0.1) is 29.6 Å². The predicted molar refractivity (Wildman–Crippen MR) is 221 cm³/mol. The molecular formula is C44H41ClN4O5S. The van der Waals surface area contributed by atoms with Crippen molar-refractivity contribution in [1.82, 2.24) is 5.43 Å². The lowest BCUT2D eigenvalue weighted by molar-refractivity contribution is -0.143. The Balaban J connectivity index is 1.08. The van der Waals surface area contributed by atoms with Crippen molar-refractivity contribution in [3.8, 4) is 28.0 Å². The number of hydrogen-bond acceptors (Lipinski definition) is 10. The monoisotopic (exact) mass is 772 g/mol.